The maximum Gasteiger partial charge on any atom is 0.410 e. The summed E-state index contributed by atoms with van der Waals surface area (Å²) in [6.45, 7) is 11.4. The number of carbonyl (C=O) groups is 1. The molecule has 0 aliphatic carbocycles. The molecule has 2 aromatic rings. The number of benzene rings is 1. The lowest BCUT2D eigenvalue weighted by atomic mass is 9.96. The van der Waals surface area contributed by atoms with Crippen LogP contribution in [-0.2, 0) is 34.6 Å². The SMILES string of the molecule is CC(C)(C)OC(=O)N1CCc2cnc(Nc3ccc4c(c3)C(C)(C)OC4)nc2C1. The van der Waals surface area contributed by atoms with Gasteiger partial charge in [0.2, 0.25) is 5.95 Å². The van der Waals surface area contributed by atoms with Crippen LogP contribution in [0.4, 0.5) is 16.4 Å². The molecule has 1 N–H and O–H groups in total. The molecule has 0 bridgehead atoms. The minimum atomic E-state index is -0.513. The number of hydrogen-bond donors (Lipinski definition) is 1. The van der Waals surface area contributed by atoms with Crippen LogP contribution < -0.4 is 5.32 Å². The van der Waals surface area contributed by atoms with Crippen LogP contribution in [0.25, 0.3) is 0 Å². The van der Waals surface area contributed by atoms with Crippen LogP contribution in [0, 0.1) is 0 Å². The Morgan fingerprint density at radius 2 is 2.07 bits per heavy atom. The Balaban J connectivity index is 1.51. The van der Waals surface area contributed by atoms with Gasteiger partial charge in [-0.2, -0.15) is 0 Å². The summed E-state index contributed by atoms with van der Waals surface area (Å²) in [7, 11) is 0. The third-order valence-corrected chi connectivity index (χ3v) is 5.20. The van der Waals surface area contributed by atoms with Gasteiger partial charge >= 0.3 is 6.09 Å². The van der Waals surface area contributed by atoms with E-state index >= 15 is 0 Å². The average Bonchev–Trinajstić information content (AvgIpc) is 2.94. The lowest BCUT2D eigenvalue weighted by molar-refractivity contribution is -0.00788. The maximum atomic E-state index is 12.4. The first-order valence-corrected chi connectivity index (χ1v) is 9.98. The van der Waals surface area contributed by atoms with E-state index in [-0.39, 0.29) is 11.7 Å². The number of hydrogen-bond acceptors (Lipinski definition) is 6. The first-order valence-electron chi connectivity index (χ1n) is 9.98. The van der Waals surface area contributed by atoms with E-state index in [1.807, 2.05) is 33.0 Å². The molecule has 154 valence electrons. The van der Waals surface area contributed by atoms with Crippen molar-refractivity contribution in [2.24, 2.45) is 0 Å². The van der Waals surface area contributed by atoms with Crippen molar-refractivity contribution in [1.29, 1.82) is 0 Å². The number of amides is 1. The number of aromatic nitrogens is 2. The summed E-state index contributed by atoms with van der Waals surface area (Å²) in [6, 6.07) is 6.19. The van der Waals surface area contributed by atoms with Crippen LogP contribution in [0.2, 0.25) is 0 Å². The van der Waals surface area contributed by atoms with Gasteiger partial charge in [0.05, 0.1) is 24.4 Å². The van der Waals surface area contributed by atoms with Crippen LogP contribution in [0.15, 0.2) is 24.4 Å². The normalized spacial score (nSPS) is 17.5. The van der Waals surface area contributed by atoms with Crippen LogP contribution in [0.3, 0.4) is 0 Å². The van der Waals surface area contributed by atoms with Gasteiger partial charge in [0.25, 0.3) is 0 Å². The fraction of sp³-hybridized carbons (Fsp3) is 0.500. The number of fused-ring (bicyclic) bond motifs is 2. The van der Waals surface area contributed by atoms with E-state index in [0.29, 0.717) is 25.6 Å². The van der Waals surface area contributed by atoms with Crippen LogP contribution in [0.1, 0.15) is 57.0 Å². The van der Waals surface area contributed by atoms with Gasteiger partial charge in [-0.1, -0.05) is 6.07 Å². The third-order valence-electron chi connectivity index (χ3n) is 5.20. The molecule has 1 amide bonds. The second-order valence-corrected chi connectivity index (χ2v) is 9.11. The minimum Gasteiger partial charge on any atom is -0.444 e. The molecule has 29 heavy (non-hydrogen) atoms. The molecular weight excluding hydrogens is 368 g/mol. The summed E-state index contributed by atoms with van der Waals surface area (Å²) in [4.78, 5) is 23.2. The zero-order valence-electron chi connectivity index (χ0n) is 17.7. The summed E-state index contributed by atoms with van der Waals surface area (Å²) in [6.07, 6.45) is 2.26. The Labute approximate surface area is 171 Å². The van der Waals surface area contributed by atoms with Crippen molar-refractivity contribution in [3.63, 3.8) is 0 Å². The Morgan fingerprint density at radius 3 is 2.83 bits per heavy atom. The van der Waals surface area contributed by atoms with Crippen molar-refractivity contribution in [1.82, 2.24) is 14.9 Å². The van der Waals surface area contributed by atoms with E-state index in [1.165, 1.54) is 11.1 Å². The second kappa shape index (κ2) is 6.99. The predicted molar refractivity (Wildman–Crippen MR) is 110 cm³/mol. The molecule has 0 radical (unpaired) electrons. The maximum absolute atomic E-state index is 12.4. The number of carbonyl (C=O) groups excluding carboxylic acids is 1. The van der Waals surface area contributed by atoms with Crippen molar-refractivity contribution in [2.75, 3.05) is 11.9 Å². The minimum absolute atomic E-state index is 0.294. The van der Waals surface area contributed by atoms with Crippen molar-refractivity contribution in [3.05, 3.63) is 46.8 Å². The highest BCUT2D eigenvalue weighted by atomic mass is 16.6. The van der Waals surface area contributed by atoms with Gasteiger partial charge in [0.15, 0.2) is 0 Å². The topological polar surface area (TPSA) is 76.6 Å². The standard InChI is InChI=1S/C22H28N4O3/c1-21(2,3)29-20(27)26-9-8-14-11-23-19(25-18(14)12-26)24-16-7-6-15-13-28-22(4,5)17(15)10-16/h6-7,10-11H,8-9,12-13H2,1-5H3,(H,23,24,25). The van der Waals surface area contributed by atoms with Gasteiger partial charge in [-0.15, -0.1) is 0 Å². The summed E-state index contributed by atoms with van der Waals surface area (Å²) in [5.41, 5.74) is 4.42. The first-order chi connectivity index (χ1) is 13.6. The second-order valence-electron chi connectivity index (χ2n) is 9.11. The molecule has 0 saturated carbocycles. The number of anilines is 2. The first kappa shape index (κ1) is 19.6. The summed E-state index contributed by atoms with van der Waals surface area (Å²) in [5, 5.41) is 3.29. The zero-order chi connectivity index (χ0) is 20.8. The lowest BCUT2D eigenvalue weighted by Crippen LogP contribution is -2.40. The van der Waals surface area contributed by atoms with Gasteiger partial charge in [0.1, 0.15) is 5.60 Å². The van der Waals surface area contributed by atoms with Crippen molar-refractivity contribution in [2.45, 2.75) is 65.4 Å². The molecule has 0 fully saturated rings. The predicted octanol–water partition coefficient (Wildman–Crippen LogP) is 4.28. The van der Waals surface area contributed by atoms with E-state index in [2.05, 4.69) is 41.3 Å². The van der Waals surface area contributed by atoms with Gasteiger partial charge < -0.3 is 19.7 Å². The van der Waals surface area contributed by atoms with Crippen LogP contribution >= 0.6 is 0 Å². The molecule has 1 aromatic heterocycles. The quantitative estimate of drug-likeness (QED) is 0.817. The Bertz CT molecular complexity index is 950. The van der Waals surface area contributed by atoms with Gasteiger partial charge in [-0.3, -0.25) is 0 Å². The van der Waals surface area contributed by atoms with Crippen molar-refractivity contribution in [3.8, 4) is 0 Å². The highest BCUT2D eigenvalue weighted by molar-refractivity contribution is 5.68. The molecule has 0 atom stereocenters. The molecule has 0 spiro atoms. The number of ether oxygens (including phenoxy) is 2. The lowest BCUT2D eigenvalue weighted by Gasteiger charge is -2.30. The summed E-state index contributed by atoms with van der Waals surface area (Å²) in [5.74, 6) is 0.520. The van der Waals surface area contributed by atoms with Crippen LogP contribution in [0.5, 0.6) is 0 Å². The largest absolute Gasteiger partial charge is 0.444 e. The highest BCUT2D eigenvalue weighted by Crippen LogP contribution is 2.37. The molecule has 4 rings (SSSR count). The molecule has 1 aromatic carbocycles. The van der Waals surface area contributed by atoms with Crippen molar-refractivity contribution >= 4 is 17.7 Å². The van der Waals surface area contributed by atoms with E-state index in [4.69, 9.17) is 9.47 Å². The molecule has 2 aliphatic rings. The number of rotatable bonds is 2. The monoisotopic (exact) mass is 396 g/mol. The number of nitrogens with one attached hydrogen (secondary N) is 1. The third kappa shape index (κ3) is 4.19. The molecule has 3 heterocycles. The fourth-order valence-corrected chi connectivity index (χ4v) is 3.65. The van der Waals surface area contributed by atoms with Gasteiger partial charge in [-0.05, 0) is 69.9 Å². The molecule has 0 unspecified atom stereocenters. The van der Waals surface area contributed by atoms with Crippen LogP contribution in [-0.4, -0.2) is 33.1 Å². The van der Waals surface area contributed by atoms with E-state index < -0.39 is 5.60 Å². The summed E-state index contributed by atoms with van der Waals surface area (Å²) < 4.78 is 11.3. The van der Waals surface area contributed by atoms with Gasteiger partial charge in [-0.25, -0.2) is 14.8 Å². The molecule has 2 aliphatic heterocycles. The Morgan fingerprint density at radius 1 is 1.28 bits per heavy atom. The van der Waals surface area contributed by atoms with E-state index in [9.17, 15) is 4.79 Å². The smallest absolute Gasteiger partial charge is 0.410 e. The molecule has 7 heteroatoms. The average molecular weight is 396 g/mol. The molecular formula is C22H28N4O3. The molecule has 0 saturated heterocycles. The fourth-order valence-electron chi connectivity index (χ4n) is 3.65. The highest BCUT2D eigenvalue weighted by Gasteiger charge is 2.31. The van der Waals surface area contributed by atoms with E-state index in [0.717, 1.165) is 23.4 Å². The Hall–Kier alpha value is -2.67. The number of nitrogens with zero attached hydrogens (tertiary/aromatic N) is 3. The summed E-state index contributed by atoms with van der Waals surface area (Å²) >= 11 is 0. The molecule has 7 nitrogen and oxygen atoms in total. The van der Waals surface area contributed by atoms with Crippen molar-refractivity contribution < 1.29 is 14.3 Å². The zero-order valence-corrected chi connectivity index (χ0v) is 17.7. The Kier molecular flexibility index (Phi) is 4.73. The van der Waals surface area contributed by atoms with Gasteiger partial charge in [0, 0.05) is 18.4 Å². The van der Waals surface area contributed by atoms with E-state index in [1.54, 1.807) is 4.90 Å².